The van der Waals surface area contributed by atoms with E-state index in [1.165, 1.54) is 19.3 Å². The van der Waals surface area contributed by atoms with Crippen LogP contribution in [0.1, 0.15) is 79.1 Å². The van der Waals surface area contributed by atoms with Gasteiger partial charge in [0.15, 0.2) is 0 Å². The number of unbranched alkanes of at least 4 members (excludes halogenated alkanes) is 2. The highest BCUT2D eigenvalue weighted by Crippen LogP contribution is 2.56. The molecule has 0 fully saturated rings. The molecule has 5 heteroatoms. The summed E-state index contributed by atoms with van der Waals surface area (Å²) in [6.45, 7) is 5.57. The van der Waals surface area contributed by atoms with E-state index in [9.17, 15) is 9.46 Å². The van der Waals surface area contributed by atoms with Gasteiger partial charge in [0.2, 0.25) is 0 Å². The molecular formula is C16H35O3PS. The van der Waals surface area contributed by atoms with Crippen molar-refractivity contribution in [2.75, 3.05) is 12.4 Å². The van der Waals surface area contributed by atoms with E-state index in [1.807, 2.05) is 0 Å². The summed E-state index contributed by atoms with van der Waals surface area (Å²) in [7, 11) is 0. The second-order valence-electron chi connectivity index (χ2n) is 5.89. The molecule has 0 saturated heterocycles. The zero-order valence-corrected chi connectivity index (χ0v) is 16.1. The summed E-state index contributed by atoms with van der Waals surface area (Å²) in [5.41, 5.74) is 0. The van der Waals surface area contributed by atoms with Crippen LogP contribution in [0.4, 0.5) is 0 Å². The van der Waals surface area contributed by atoms with Gasteiger partial charge in [0, 0.05) is 5.75 Å². The van der Waals surface area contributed by atoms with Crippen molar-refractivity contribution in [3.8, 4) is 0 Å². The zero-order valence-electron chi connectivity index (χ0n) is 14.3. The molecule has 0 aromatic rings. The quantitative estimate of drug-likeness (QED) is 0.379. The predicted molar refractivity (Wildman–Crippen MR) is 94.8 cm³/mol. The smallest absolute Gasteiger partial charge is 0.316 e. The van der Waals surface area contributed by atoms with Gasteiger partial charge < -0.3 is 9.42 Å². The summed E-state index contributed by atoms with van der Waals surface area (Å²) in [6, 6.07) is 0. The molecule has 3 atom stereocenters. The van der Waals surface area contributed by atoms with Crippen LogP contribution in [0.3, 0.4) is 0 Å². The first kappa shape index (κ1) is 21.5. The fraction of sp³-hybridized carbons (Fsp3) is 1.00. The van der Waals surface area contributed by atoms with Crippen LogP contribution >= 0.6 is 18.2 Å². The van der Waals surface area contributed by atoms with E-state index in [-0.39, 0.29) is 0 Å². The van der Waals surface area contributed by atoms with Crippen LogP contribution in [-0.2, 0) is 9.09 Å². The first-order chi connectivity index (χ1) is 9.99. The molecule has 0 bridgehead atoms. The van der Waals surface area contributed by atoms with E-state index in [2.05, 4.69) is 27.7 Å². The highest BCUT2D eigenvalue weighted by Gasteiger charge is 2.23. The lowest BCUT2D eigenvalue weighted by Gasteiger charge is -2.19. The Bertz CT molecular complexity index is 263. The van der Waals surface area contributed by atoms with Gasteiger partial charge in [-0.2, -0.15) is 0 Å². The number of hydrogen-bond donors (Lipinski definition) is 1. The third kappa shape index (κ3) is 11.7. The highest BCUT2D eigenvalue weighted by molar-refractivity contribution is 8.54. The molecule has 0 saturated carbocycles. The summed E-state index contributed by atoms with van der Waals surface area (Å²) in [5.74, 6) is 1.67. The van der Waals surface area contributed by atoms with Crippen LogP contribution in [0.2, 0.25) is 0 Å². The maximum atomic E-state index is 12.1. The van der Waals surface area contributed by atoms with Crippen molar-refractivity contribution in [3.05, 3.63) is 0 Å². The van der Waals surface area contributed by atoms with Gasteiger partial charge in [0.05, 0.1) is 6.61 Å². The van der Waals surface area contributed by atoms with Gasteiger partial charge in [-0.15, -0.1) is 0 Å². The maximum absolute atomic E-state index is 12.1. The van der Waals surface area contributed by atoms with Gasteiger partial charge >= 0.3 is 6.80 Å². The number of rotatable bonds is 14. The highest BCUT2D eigenvalue weighted by atomic mass is 32.7. The second-order valence-corrected chi connectivity index (χ2v) is 9.84. The maximum Gasteiger partial charge on any atom is 0.386 e. The van der Waals surface area contributed by atoms with Gasteiger partial charge in [-0.3, -0.25) is 0 Å². The van der Waals surface area contributed by atoms with E-state index in [1.54, 1.807) is 0 Å². The lowest BCUT2D eigenvalue weighted by atomic mass is 10.0. The Kier molecular flexibility index (Phi) is 13.3. The molecule has 0 spiro atoms. The van der Waals surface area contributed by atoms with Gasteiger partial charge in [-0.1, -0.05) is 66.2 Å². The molecule has 0 aromatic carbocycles. The molecule has 3 nitrogen and oxygen atoms in total. The minimum atomic E-state index is -3.47. The van der Waals surface area contributed by atoms with E-state index in [0.29, 0.717) is 18.4 Å². The first-order valence-electron chi connectivity index (χ1n) is 8.60. The van der Waals surface area contributed by atoms with Crippen molar-refractivity contribution in [2.24, 2.45) is 11.8 Å². The van der Waals surface area contributed by atoms with Crippen LogP contribution in [0.15, 0.2) is 0 Å². The van der Waals surface area contributed by atoms with E-state index >= 15 is 0 Å². The Morgan fingerprint density at radius 2 is 1.52 bits per heavy atom. The molecule has 128 valence electrons. The molecular weight excluding hydrogens is 303 g/mol. The van der Waals surface area contributed by atoms with Crippen molar-refractivity contribution in [3.63, 3.8) is 0 Å². The fourth-order valence-corrected chi connectivity index (χ4v) is 5.11. The molecule has 0 heterocycles. The Morgan fingerprint density at radius 1 is 1.00 bits per heavy atom. The standard InChI is InChI=1S/C16H35O3PS/c1-5-9-11-15(7-3)13-19-20(17,18)21-14-16(8-4)12-10-6-2/h15-16H,5-14H2,1-4H3,(H,17,18). The van der Waals surface area contributed by atoms with Crippen LogP contribution in [0, 0.1) is 11.8 Å². The number of hydrogen-bond acceptors (Lipinski definition) is 3. The second kappa shape index (κ2) is 13.0. The third-order valence-electron chi connectivity index (χ3n) is 4.03. The Morgan fingerprint density at radius 3 is 2.00 bits per heavy atom. The Balaban J connectivity index is 4.08. The summed E-state index contributed by atoms with van der Waals surface area (Å²) in [5, 5.41) is 0. The minimum absolute atomic E-state index is 0.410. The molecule has 0 aromatic heterocycles. The average Bonchev–Trinajstić information content (AvgIpc) is 2.47. The van der Waals surface area contributed by atoms with E-state index in [4.69, 9.17) is 4.52 Å². The molecule has 1 N–H and O–H groups in total. The summed E-state index contributed by atoms with van der Waals surface area (Å²) in [6.07, 6.45) is 9.03. The summed E-state index contributed by atoms with van der Waals surface area (Å²) < 4.78 is 17.5. The molecule has 0 amide bonds. The van der Waals surface area contributed by atoms with Gasteiger partial charge in [0.1, 0.15) is 0 Å². The van der Waals surface area contributed by atoms with Crippen LogP contribution in [0.5, 0.6) is 0 Å². The molecule has 3 unspecified atom stereocenters. The monoisotopic (exact) mass is 338 g/mol. The van der Waals surface area contributed by atoms with Crippen molar-refractivity contribution in [1.29, 1.82) is 0 Å². The SMILES string of the molecule is CCCCC(CC)COP(=O)(O)SCC(CC)CCCC. The van der Waals surface area contributed by atoms with Gasteiger partial charge in [-0.25, -0.2) is 4.57 Å². The molecule has 0 aliphatic heterocycles. The molecule has 0 rings (SSSR count). The average molecular weight is 338 g/mol. The fourth-order valence-electron chi connectivity index (χ4n) is 2.23. The van der Waals surface area contributed by atoms with Crippen molar-refractivity contribution >= 4 is 18.2 Å². The lowest BCUT2D eigenvalue weighted by Crippen LogP contribution is -2.08. The zero-order chi connectivity index (χ0) is 16.1. The van der Waals surface area contributed by atoms with Crippen molar-refractivity contribution < 1.29 is 14.0 Å². The molecule has 21 heavy (non-hydrogen) atoms. The van der Waals surface area contributed by atoms with Crippen LogP contribution < -0.4 is 0 Å². The van der Waals surface area contributed by atoms with E-state index in [0.717, 1.165) is 49.2 Å². The normalized spacial score (nSPS) is 17.4. The Hall–Kier alpha value is 0.500. The van der Waals surface area contributed by atoms with E-state index < -0.39 is 6.80 Å². The topological polar surface area (TPSA) is 46.5 Å². The van der Waals surface area contributed by atoms with Crippen molar-refractivity contribution in [1.82, 2.24) is 0 Å². The van der Waals surface area contributed by atoms with Crippen LogP contribution in [0.25, 0.3) is 0 Å². The van der Waals surface area contributed by atoms with Crippen molar-refractivity contribution in [2.45, 2.75) is 79.1 Å². The Labute approximate surface area is 135 Å². The molecule has 0 aliphatic carbocycles. The van der Waals surface area contributed by atoms with Crippen LogP contribution in [-0.4, -0.2) is 17.3 Å². The molecule has 0 aliphatic rings. The van der Waals surface area contributed by atoms with Gasteiger partial charge in [0.25, 0.3) is 0 Å². The predicted octanol–water partition coefficient (Wildman–Crippen LogP) is 6.27. The third-order valence-corrected chi connectivity index (χ3v) is 7.20. The largest absolute Gasteiger partial charge is 0.386 e. The first-order valence-corrected chi connectivity index (χ1v) is 11.8. The summed E-state index contributed by atoms with van der Waals surface area (Å²) in [4.78, 5) is 9.95. The molecule has 0 radical (unpaired) electrons. The van der Waals surface area contributed by atoms with Gasteiger partial charge in [-0.05, 0) is 36.1 Å². The lowest BCUT2D eigenvalue weighted by molar-refractivity contribution is 0.214. The minimum Gasteiger partial charge on any atom is -0.316 e. The summed E-state index contributed by atoms with van der Waals surface area (Å²) >= 11 is 1.13.